The summed E-state index contributed by atoms with van der Waals surface area (Å²) in [7, 11) is 1.69. The Kier molecular flexibility index (Phi) is 3.65. The van der Waals surface area contributed by atoms with E-state index in [9.17, 15) is 9.18 Å². The number of aryl methyl sites for hydroxylation is 2. The molecule has 0 fully saturated rings. The summed E-state index contributed by atoms with van der Waals surface area (Å²) in [4.78, 5) is 13.8. The van der Waals surface area contributed by atoms with Gasteiger partial charge in [-0.25, -0.2) is 4.39 Å². The van der Waals surface area contributed by atoms with E-state index in [1.165, 1.54) is 11.0 Å². The number of benzene rings is 2. The average Bonchev–Trinajstić information content (AvgIpc) is 2.40. The second kappa shape index (κ2) is 5.22. The minimum Gasteiger partial charge on any atom is -0.311 e. The standard InChI is InChI=1S/C16H16FNO/c1-11-5-4-6-14(9-11)18(3)16(19)13-8-7-12(2)15(17)10-13/h4-10H,1-3H3. The van der Waals surface area contributed by atoms with Gasteiger partial charge in [-0.1, -0.05) is 18.2 Å². The van der Waals surface area contributed by atoms with Crippen LogP contribution in [0.3, 0.4) is 0 Å². The third kappa shape index (κ3) is 2.81. The molecule has 2 nitrogen and oxygen atoms in total. The van der Waals surface area contributed by atoms with E-state index >= 15 is 0 Å². The molecule has 0 unspecified atom stereocenters. The fraction of sp³-hybridized carbons (Fsp3) is 0.188. The van der Waals surface area contributed by atoms with Gasteiger partial charge in [-0.05, 0) is 49.2 Å². The number of rotatable bonds is 2. The predicted octanol–water partition coefficient (Wildman–Crippen LogP) is 3.72. The Balaban J connectivity index is 2.30. The van der Waals surface area contributed by atoms with Crippen molar-refractivity contribution < 1.29 is 9.18 Å². The fourth-order valence-electron chi connectivity index (χ4n) is 1.87. The maximum atomic E-state index is 13.5. The van der Waals surface area contributed by atoms with Crippen molar-refractivity contribution in [2.45, 2.75) is 13.8 Å². The summed E-state index contributed by atoms with van der Waals surface area (Å²) in [6.07, 6.45) is 0. The van der Waals surface area contributed by atoms with Crippen LogP contribution in [0, 0.1) is 19.7 Å². The number of hydrogen-bond acceptors (Lipinski definition) is 1. The number of hydrogen-bond donors (Lipinski definition) is 0. The zero-order valence-electron chi connectivity index (χ0n) is 11.3. The van der Waals surface area contributed by atoms with Gasteiger partial charge in [0.05, 0.1) is 0 Å². The lowest BCUT2D eigenvalue weighted by molar-refractivity contribution is 0.0992. The Morgan fingerprint density at radius 2 is 1.84 bits per heavy atom. The van der Waals surface area contributed by atoms with Gasteiger partial charge in [-0.3, -0.25) is 4.79 Å². The molecule has 2 aromatic carbocycles. The molecule has 0 aliphatic carbocycles. The molecule has 0 bridgehead atoms. The summed E-state index contributed by atoms with van der Waals surface area (Å²) < 4.78 is 13.5. The van der Waals surface area contributed by atoms with Gasteiger partial charge in [0.25, 0.3) is 5.91 Å². The van der Waals surface area contributed by atoms with Crippen molar-refractivity contribution in [3.8, 4) is 0 Å². The molecule has 0 aliphatic rings. The summed E-state index contributed by atoms with van der Waals surface area (Å²) in [6, 6.07) is 12.2. The molecule has 0 spiro atoms. The topological polar surface area (TPSA) is 20.3 Å². The first-order valence-electron chi connectivity index (χ1n) is 6.10. The molecular formula is C16H16FNO. The van der Waals surface area contributed by atoms with E-state index in [4.69, 9.17) is 0 Å². The molecule has 0 saturated carbocycles. The second-order valence-electron chi connectivity index (χ2n) is 4.67. The zero-order valence-corrected chi connectivity index (χ0v) is 11.3. The highest BCUT2D eigenvalue weighted by Crippen LogP contribution is 2.18. The van der Waals surface area contributed by atoms with Gasteiger partial charge in [0.1, 0.15) is 5.82 Å². The van der Waals surface area contributed by atoms with Crippen LogP contribution in [-0.2, 0) is 0 Å². The van der Waals surface area contributed by atoms with E-state index < -0.39 is 0 Å². The highest BCUT2D eigenvalue weighted by molar-refractivity contribution is 6.05. The second-order valence-corrected chi connectivity index (χ2v) is 4.67. The summed E-state index contributed by atoms with van der Waals surface area (Å²) in [5.74, 6) is -0.576. The lowest BCUT2D eigenvalue weighted by atomic mass is 10.1. The van der Waals surface area contributed by atoms with Crippen molar-refractivity contribution >= 4 is 11.6 Å². The van der Waals surface area contributed by atoms with Crippen molar-refractivity contribution in [2.75, 3.05) is 11.9 Å². The molecule has 0 atom stereocenters. The molecular weight excluding hydrogens is 241 g/mol. The number of carbonyl (C=O) groups is 1. The molecule has 2 aromatic rings. The maximum absolute atomic E-state index is 13.5. The summed E-state index contributed by atoms with van der Waals surface area (Å²) in [5, 5.41) is 0. The molecule has 0 radical (unpaired) electrons. The third-order valence-corrected chi connectivity index (χ3v) is 3.11. The molecule has 0 saturated heterocycles. The predicted molar refractivity (Wildman–Crippen MR) is 75.0 cm³/mol. The monoisotopic (exact) mass is 257 g/mol. The van der Waals surface area contributed by atoms with Gasteiger partial charge in [0, 0.05) is 18.3 Å². The number of anilines is 1. The van der Waals surface area contributed by atoms with Crippen LogP contribution in [0.4, 0.5) is 10.1 Å². The highest BCUT2D eigenvalue weighted by atomic mass is 19.1. The summed E-state index contributed by atoms with van der Waals surface area (Å²) >= 11 is 0. The largest absolute Gasteiger partial charge is 0.311 e. The molecule has 0 N–H and O–H groups in total. The number of amides is 1. The minimum absolute atomic E-state index is 0.218. The Bertz CT molecular complexity index is 622. The van der Waals surface area contributed by atoms with Gasteiger partial charge < -0.3 is 4.90 Å². The van der Waals surface area contributed by atoms with Crippen LogP contribution in [0.15, 0.2) is 42.5 Å². The maximum Gasteiger partial charge on any atom is 0.258 e. The average molecular weight is 257 g/mol. The first-order valence-corrected chi connectivity index (χ1v) is 6.10. The molecule has 0 aliphatic heterocycles. The van der Waals surface area contributed by atoms with Gasteiger partial charge in [0.15, 0.2) is 0 Å². The lowest BCUT2D eigenvalue weighted by Crippen LogP contribution is -2.26. The van der Waals surface area contributed by atoms with Gasteiger partial charge in [-0.2, -0.15) is 0 Å². The Hall–Kier alpha value is -2.16. The number of carbonyl (C=O) groups excluding carboxylic acids is 1. The van der Waals surface area contributed by atoms with Crippen LogP contribution in [0.5, 0.6) is 0 Å². The van der Waals surface area contributed by atoms with E-state index in [2.05, 4.69) is 0 Å². The summed E-state index contributed by atoms with van der Waals surface area (Å²) in [5.41, 5.74) is 2.76. The minimum atomic E-state index is -0.358. The van der Waals surface area contributed by atoms with Crippen LogP contribution < -0.4 is 4.90 Å². The first-order chi connectivity index (χ1) is 8.99. The van der Waals surface area contributed by atoms with E-state index in [0.717, 1.165) is 11.3 Å². The summed E-state index contributed by atoms with van der Waals surface area (Å²) in [6.45, 7) is 3.64. The Morgan fingerprint density at radius 3 is 2.47 bits per heavy atom. The van der Waals surface area contributed by atoms with Crippen molar-refractivity contribution in [3.63, 3.8) is 0 Å². The smallest absolute Gasteiger partial charge is 0.258 e. The van der Waals surface area contributed by atoms with Crippen molar-refractivity contribution in [1.82, 2.24) is 0 Å². The van der Waals surface area contributed by atoms with Crippen LogP contribution in [0.2, 0.25) is 0 Å². The van der Waals surface area contributed by atoms with Crippen LogP contribution >= 0.6 is 0 Å². The molecule has 0 aromatic heterocycles. The van der Waals surface area contributed by atoms with Crippen LogP contribution in [-0.4, -0.2) is 13.0 Å². The van der Waals surface area contributed by atoms with Gasteiger partial charge >= 0.3 is 0 Å². The van der Waals surface area contributed by atoms with E-state index in [0.29, 0.717) is 11.1 Å². The molecule has 0 heterocycles. The molecule has 1 amide bonds. The van der Waals surface area contributed by atoms with E-state index in [1.54, 1.807) is 26.1 Å². The lowest BCUT2D eigenvalue weighted by Gasteiger charge is -2.18. The number of nitrogens with zero attached hydrogens (tertiary/aromatic N) is 1. The Morgan fingerprint density at radius 1 is 1.11 bits per heavy atom. The van der Waals surface area contributed by atoms with Crippen molar-refractivity contribution in [1.29, 1.82) is 0 Å². The molecule has 2 rings (SSSR count). The van der Waals surface area contributed by atoms with E-state index in [1.807, 2.05) is 31.2 Å². The molecule has 98 valence electrons. The SMILES string of the molecule is Cc1cccc(N(C)C(=O)c2ccc(C)c(F)c2)c1. The van der Waals surface area contributed by atoms with Gasteiger partial charge in [-0.15, -0.1) is 0 Å². The molecule has 3 heteroatoms. The fourth-order valence-corrected chi connectivity index (χ4v) is 1.87. The highest BCUT2D eigenvalue weighted by Gasteiger charge is 2.14. The number of halogens is 1. The first kappa shape index (κ1) is 13.3. The van der Waals surface area contributed by atoms with Gasteiger partial charge in [0.2, 0.25) is 0 Å². The van der Waals surface area contributed by atoms with Crippen molar-refractivity contribution in [2.24, 2.45) is 0 Å². The van der Waals surface area contributed by atoms with Crippen LogP contribution in [0.1, 0.15) is 21.5 Å². The quantitative estimate of drug-likeness (QED) is 0.803. The normalized spacial score (nSPS) is 10.3. The van der Waals surface area contributed by atoms with Crippen LogP contribution in [0.25, 0.3) is 0 Å². The zero-order chi connectivity index (χ0) is 14.0. The van der Waals surface area contributed by atoms with E-state index in [-0.39, 0.29) is 11.7 Å². The molecule has 19 heavy (non-hydrogen) atoms. The Labute approximate surface area is 112 Å². The van der Waals surface area contributed by atoms with Crippen molar-refractivity contribution in [3.05, 3.63) is 65.0 Å². The third-order valence-electron chi connectivity index (χ3n) is 3.11.